The van der Waals surface area contributed by atoms with Crippen molar-refractivity contribution in [2.24, 2.45) is 17.8 Å². The Labute approximate surface area is 312 Å². The molecule has 51 heavy (non-hydrogen) atoms. The largest absolute Gasteiger partial charge is 0.379 e. The van der Waals surface area contributed by atoms with E-state index in [4.69, 9.17) is 4.74 Å². The van der Waals surface area contributed by atoms with Gasteiger partial charge in [-0.1, -0.05) is 64.1 Å². The summed E-state index contributed by atoms with van der Waals surface area (Å²) in [5, 5.41) is 6.01. The molecule has 0 radical (unpaired) electrons. The SMILES string of the molecule is C=CCSC(CC1CCCN1CCC(C)C(=O)CC(CN(C)C(=O)CC(C)CNC(=O)C(C(C)C)N(C)C)OC)C(=O)NCCc1ccccc1. The molecule has 2 rings (SSSR count). The minimum Gasteiger partial charge on any atom is -0.379 e. The Balaban J connectivity index is 1.81. The molecule has 6 atom stereocenters. The zero-order valence-electron chi connectivity index (χ0n) is 32.7. The van der Waals surface area contributed by atoms with Gasteiger partial charge in [-0.25, -0.2) is 0 Å². The number of carbonyl (C=O) groups excluding carboxylic acids is 4. The number of Topliss-reactive ketones (excluding diaryl/α,β-unsaturated/α-hetero) is 1. The van der Waals surface area contributed by atoms with Crippen molar-refractivity contribution in [1.29, 1.82) is 0 Å². The number of methoxy groups -OCH3 is 1. The van der Waals surface area contributed by atoms with Crippen LogP contribution in [0.1, 0.15) is 71.8 Å². The molecule has 1 fully saturated rings. The Morgan fingerprint density at radius 1 is 1.04 bits per heavy atom. The number of hydrogen-bond donors (Lipinski definition) is 2. The highest BCUT2D eigenvalue weighted by Crippen LogP contribution is 2.27. The van der Waals surface area contributed by atoms with Crippen LogP contribution in [0.25, 0.3) is 0 Å². The number of nitrogens with one attached hydrogen (secondary N) is 2. The zero-order chi connectivity index (χ0) is 37.9. The molecule has 1 saturated heterocycles. The van der Waals surface area contributed by atoms with Crippen molar-refractivity contribution in [3.63, 3.8) is 0 Å². The van der Waals surface area contributed by atoms with E-state index in [9.17, 15) is 19.2 Å². The van der Waals surface area contributed by atoms with Crippen LogP contribution in [0.15, 0.2) is 43.0 Å². The summed E-state index contributed by atoms with van der Waals surface area (Å²) in [4.78, 5) is 58.2. The summed E-state index contributed by atoms with van der Waals surface area (Å²) in [5.74, 6) is 0.885. The van der Waals surface area contributed by atoms with Crippen LogP contribution in [0.4, 0.5) is 0 Å². The molecule has 1 aliphatic heterocycles. The Hall–Kier alpha value is -2.73. The molecule has 2 N–H and O–H groups in total. The van der Waals surface area contributed by atoms with Crippen LogP contribution in [-0.4, -0.2) is 128 Å². The summed E-state index contributed by atoms with van der Waals surface area (Å²) in [6, 6.07) is 10.3. The maximum Gasteiger partial charge on any atom is 0.237 e. The number of hydrogen-bond acceptors (Lipinski definition) is 8. The highest BCUT2D eigenvalue weighted by atomic mass is 32.2. The Kier molecular flexibility index (Phi) is 20.7. The van der Waals surface area contributed by atoms with Crippen LogP contribution in [0, 0.1) is 17.8 Å². The molecule has 3 amide bonds. The second-order valence-electron chi connectivity index (χ2n) is 14.9. The van der Waals surface area contributed by atoms with E-state index in [1.165, 1.54) is 5.56 Å². The van der Waals surface area contributed by atoms with E-state index in [2.05, 4.69) is 34.2 Å². The molecule has 0 saturated carbocycles. The van der Waals surface area contributed by atoms with Gasteiger partial charge in [0.1, 0.15) is 5.78 Å². The molecule has 11 heteroatoms. The van der Waals surface area contributed by atoms with E-state index in [1.807, 2.05) is 71.0 Å². The number of thioether (sulfide) groups is 1. The Morgan fingerprint density at radius 2 is 1.75 bits per heavy atom. The van der Waals surface area contributed by atoms with Gasteiger partial charge in [-0.2, -0.15) is 0 Å². The van der Waals surface area contributed by atoms with Crippen molar-refractivity contribution in [1.82, 2.24) is 25.3 Å². The Morgan fingerprint density at radius 3 is 2.37 bits per heavy atom. The van der Waals surface area contributed by atoms with Gasteiger partial charge in [-0.15, -0.1) is 18.3 Å². The van der Waals surface area contributed by atoms with Gasteiger partial charge in [0.25, 0.3) is 0 Å². The predicted molar refractivity (Wildman–Crippen MR) is 210 cm³/mol. The van der Waals surface area contributed by atoms with Crippen molar-refractivity contribution in [3.05, 3.63) is 48.6 Å². The second-order valence-corrected chi connectivity index (χ2v) is 16.1. The molecular formula is C40H67N5O5S. The number of amides is 3. The molecule has 0 spiro atoms. The van der Waals surface area contributed by atoms with Gasteiger partial charge in [0.05, 0.1) is 17.4 Å². The number of likely N-dealkylation sites (N-methyl/N-ethyl adjacent to an activating group) is 2. The summed E-state index contributed by atoms with van der Waals surface area (Å²) in [5.41, 5.74) is 1.21. The van der Waals surface area contributed by atoms with E-state index in [0.29, 0.717) is 32.1 Å². The van der Waals surface area contributed by atoms with E-state index < -0.39 is 6.10 Å². The van der Waals surface area contributed by atoms with Crippen molar-refractivity contribution >= 4 is 35.3 Å². The van der Waals surface area contributed by atoms with Gasteiger partial charge in [0, 0.05) is 64.3 Å². The van der Waals surface area contributed by atoms with Crippen LogP contribution < -0.4 is 10.6 Å². The second kappa shape index (κ2) is 23.8. The van der Waals surface area contributed by atoms with E-state index in [-0.39, 0.29) is 59.0 Å². The van der Waals surface area contributed by atoms with E-state index >= 15 is 0 Å². The van der Waals surface area contributed by atoms with Crippen molar-refractivity contribution in [2.45, 2.75) is 96.1 Å². The third-order valence-electron chi connectivity index (χ3n) is 9.92. The standard InChI is InChI=1S/C40H67N5O5S/c1-10-23-51-36(39(48)41-20-18-32-15-12-11-13-16-32)25-33-17-14-21-45(33)22-19-31(5)35(46)26-34(50-9)28-44(8)37(47)24-30(4)27-42-40(49)38(29(2)3)43(6)7/h10-13,15-16,29-31,33-34,36,38H,1,14,17-28H2,2-9H3,(H,41,48)(H,42,49). The monoisotopic (exact) mass is 729 g/mol. The van der Waals surface area contributed by atoms with Crippen molar-refractivity contribution in [3.8, 4) is 0 Å². The van der Waals surface area contributed by atoms with Gasteiger partial charge in [-0.3, -0.25) is 24.1 Å². The lowest BCUT2D eigenvalue weighted by Gasteiger charge is -2.29. The van der Waals surface area contributed by atoms with Crippen LogP contribution in [-0.2, 0) is 30.3 Å². The highest BCUT2D eigenvalue weighted by Gasteiger charge is 2.31. The molecule has 1 heterocycles. The van der Waals surface area contributed by atoms with Gasteiger partial charge in [0.15, 0.2) is 0 Å². The van der Waals surface area contributed by atoms with Crippen LogP contribution in [0.2, 0.25) is 0 Å². The summed E-state index contributed by atoms with van der Waals surface area (Å²) >= 11 is 1.65. The summed E-state index contributed by atoms with van der Waals surface area (Å²) in [7, 11) is 7.12. The molecule has 1 aromatic carbocycles. The Bertz CT molecular complexity index is 1210. The molecular weight excluding hydrogens is 663 g/mol. The molecule has 6 unspecified atom stereocenters. The molecule has 1 aliphatic rings. The van der Waals surface area contributed by atoms with Crippen LogP contribution in [0.5, 0.6) is 0 Å². The van der Waals surface area contributed by atoms with E-state index in [1.54, 1.807) is 30.8 Å². The first kappa shape index (κ1) is 44.4. The van der Waals surface area contributed by atoms with Crippen molar-refractivity contribution in [2.75, 3.05) is 66.7 Å². The minimum absolute atomic E-state index is 0.0270. The number of likely N-dealkylation sites (tertiary alicyclic amines) is 1. The van der Waals surface area contributed by atoms with Gasteiger partial charge >= 0.3 is 0 Å². The smallest absolute Gasteiger partial charge is 0.237 e. The number of rotatable bonds is 25. The molecule has 0 aliphatic carbocycles. The van der Waals surface area contributed by atoms with Gasteiger partial charge < -0.3 is 25.2 Å². The maximum absolute atomic E-state index is 13.3. The number of ketones is 1. The molecule has 288 valence electrons. The average molecular weight is 730 g/mol. The maximum atomic E-state index is 13.3. The number of benzene rings is 1. The molecule has 0 aromatic heterocycles. The first-order chi connectivity index (χ1) is 24.3. The minimum atomic E-state index is -0.390. The zero-order valence-corrected chi connectivity index (χ0v) is 33.5. The number of ether oxygens (including phenoxy) is 1. The van der Waals surface area contributed by atoms with Crippen LogP contribution >= 0.6 is 11.8 Å². The lowest BCUT2D eigenvalue weighted by atomic mass is 9.97. The summed E-state index contributed by atoms with van der Waals surface area (Å²) in [6.45, 7) is 15.0. The van der Waals surface area contributed by atoms with Gasteiger partial charge in [-0.05, 0) is 76.7 Å². The van der Waals surface area contributed by atoms with E-state index in [0.717, 1.165) is 50.9 Å². The molecule has 0 bridgehead atoms. The normalized spacial score (nSPS) is 17.8. The average Bonchev–Trinajstić information content (AvgIpc) is 3.54. The fourth-order valence-corrected chi connectivity index (χ4v) is 7.80. The molecule has 1 aromatic rings. The topological polar surface area (TPSA) is 111 Å². The number of nitrogens with zero attached hydrogens (tertiary/aromatic N) is 3. The highest BCUT2D eigenvalue weighted by molar-refractivity contribution is 8.00. The first-order valence-corrected chi connectivity index (χ1v) is 19.8. The molecule has 10 nitrogen and oxygen atoms in total. The first-order valence-electron chi connectivity index (χ1n) is 18.8. The quantitative estimate of drug-likeness (QED) is 0.140. The lowest BCUT2D eigenvalue weighted by molar-refractivity contribution is -0.134. The van der Waals surface area contributed by atoms with Crippen molar-refractivity contribution < 1.29 is 23.9 Å². The fourth-order valence-electron chi connectivity index (χ4n) is 6.84. The predicted octanol–water partition coefficient (Wildman–Crippen LogP) is 4.68. The third-order valence-corrected chi connectivity index (χ3v) is 11.2. The number of carbonyl (C=O) groups is 4. The summed E-state index contributed by atoms with van der Waals surface area (Å²) < 4.78 is 5.66. The van der Waals surface area contributed by atoms with Crippen LogP contribution in [0.3, 0.4) is 0 Å². The lowest BCUT2D eigenvalue weighted by Crippen LogP contribution is -2.47. The fraction of sp³-hybridized carbons (Fsp3) is 0.700. The third kappa shape index (κ3) is 16.2. The summed E-state index contributed by atoms with van der Waals surface area (Å²) in [6.07, 6.45) is 6.47. The van der Waals surface area contributed by atoms with Gasteiger partial charge in [0.2, 0.25) is 17.7 Å².